The summed E-state index contributed by atoms with van der Waals surface area (Å²) in [6, 6.07) is 6.79. The molecule has 10 heteroatoms. The lowest BCUT2D eigenvalue weighted by Crippen LogP contribution is -2.44. The van der Waals surface area contributed by atoms with Gasteiger partial charge in [-0.25, -0.2) is 14.3 Å². The largest absolute Gasteiger partial charge is 0.496 e. The summed E-state index contributed by atoms with van der Waals surface area (Å²) in [5, 5.41) is 3.13. The smallest absolute Gasteiger partial charge is 0.332 e. The number of carbonyl (C=O) groups excluding carboxylic acids is 1. The summed E-state index contributed by atoms with van der Waals surface area (Å²) in [5.74, 6) is 0.806. The average molecular weight is 467 g/mol. The fourth-order valence-electron chi connectivity index (χ4n) is 4.35. The number of rotatable bonds is 6. The van der Waals surface area contributed by atoms with Crippen molar-refractivity contribution in [1.82, 2.24) is 19.4 Å². The first-order valence-electron chi connectivity index (χ1n) is 10.6. The number of benzene rings is 1. The summed E-state index contributed by atoms with van der Waals surface area (Å²) in [6.45, 7) is 2.56. The molecule has 0 aliphatic carbocycles. The minimum absolute atomic E-state index is 0.314. The molecule has 1 aromatic carbocycles. The highest BCUT2D eigenvalue weighted by Crippen LogP contribution is 2.35. The lowest BCUT2D eigenvalue weighted by molar-refractivity contribution is -0.122. The van der Waals surface area contributed by atoms with Crippen molar-refractivity contribution in [1.29, 1.82) is 0 Å². The number of oxazole rings is 1. The fourth-order valence-corrected chi connectivity index (χ4v) is 5.60. The highest BCUT2D eigenvalue weighted by Gasteiger charge is 2.31. The van der Waals surface area contributed by atoms with E-state index < -0.39 is 17.3 Å². The van der Waals surface area contributed by atoms with E-state index in [1.807, 2.05) is 31.2 Å². The highest BCUT2D eigenvalue weighted by atomic mass is 32.1. The Balaban J connectivity index is 1.72. The molecule has 1 amide bonds. The topological polar surface area (TPSA) is 108 Å². The number of thiophene rings is 1. The van der Waals surface area contributed by atoms with Gasteiger partial charge in [-0.1, -0.05) is 18.2 Å². The Hall–Kier alpha value is -3.66. The Bertz CT molecular complexity index is 1460. The number of ether oxygens (including phenoxy) is 1. The second kappa shape index (κ2) is 8.36. The maximum absolute atomic E-state index is 13.6. The predicted octanol–water partition coefficient (Wildman–Crippen LogP) is 2.50. The van der Waals surface area contributed by atoms with E-state index in [2.05, 4.69) is 10.3 Å². The monoisotopic (exact) mass is 466 g/mol. The van der Waals surface area contributed by atoms with E-state index in [4.69, 9.17) is 9.15 Å². The molecular formula is C23H22N4O5S. The molecule has 0 spiro atoms. The zero-order valence-corrected chi connectivity index (χ0v) is 19.0. The number of fused-ring (bicyclic) bond motifs is 1. The normalized spacial score (nSPS) is 15.8. The minimum atomic E-state index is -0.823. The van der Waals surface area contributed by atoms with Crippen molar-refractivity contribution in [3.8, 4) is 16.5 Å². The number of para-hydroxylation sites is 1. The second-order valence-corrected chi connectivity index (χ2v) is 8.84. The van der Waals surface area contributed by atoms with Crippen molar-refractivity contribution in [2.24, 2.45) is 0 Å². The van der Waals surface area contributed by atoms with Gasteiger partial charge in [0.25, 0.3) is 5.56 Å². The van der Waals surface area contributed by atoms with Crippen LogP contribution in [0.25, 0.3) is 21.0 Å². The first-order valence-corrected chi connectivity index (χ1v) is 11.4. The molecule has 0 radical (unpaired) electrons. The molecule has 3 aromatic heterocycles. The number of carbonyl (C=O) groups is 1. The molecule has 9 nitrogen and oxygen atoms in total. The molecule has 4 aromatic rings. The second-order valence-electron chi connectivity index (χ2n) is 7.84. The molecule has 5 rings (SSSR count). The molecule has 1 saturated heterocycles. The Morgan fingerprint density at radius 2 is 2.09 bits per heavy atom. The lowest BCUT2D eigenvalue weighted by atomic mass is 10.1. The zero-order chi connectivity index (χ0) is 23.1. The van der Waals surface area contributed by atoms with E-state index in [1.54, 1.807) is 11.7 Å². The van der Waals surface area contributed by atoms with Crippen molar-refractivity contribution in [3.63, 3.8) is 0 Å². The molecular weight excluding hydrogens is 444 g/mol. The number of hydrogen-bond acceptors (Lipinski definition) is 7. The van der Waals surface area contributed by atoms with Crippen LogP contribution in [0.15, 0.2) is 50.7 Å². The van der Waals surface area contributed by atoms with E-state index in [-0.39, 0.29) is 5.91 Å². The summed E-state index contributed by atoms with van der Waals surface area (Å²) in [5.41, 5.74) is 0.667. The van der Waals surface area contributed by atoms with Crippen LogP contribution in [0.5, 0.6) is 5.75 Å². The summed E-state index contributed by atoms with van der Waals surface area (Å²) in [7, 11) is 1.60. The highest BCUT2D eigenvalue weighted by molar-refractivity contribution is 7.22. The van der Waals surface area contributed by atoms with Crippen LogP contribution in [0.1, 0.15) is 23.6 Å². The number of amides is 1. The van der Waals surface area contributed by atoms with Crippen LogP contribution < -0.4 is 21.3 Å². The van der Waals surface area contributed by atoms with Gasteiger partial charge in [0.1, 0.15) is 22.9 Å². The molecule has 33 heavy (non-hydrogen) atoms. The molecule has 170 valence electrons. The van der Waals surface area contributed by atoms with Gasteiger partial charge in [-0.2, -0.15) is 0 Å². The van der Waals surface area contributed by atoms with Crippen LogP contribution in [0.2, 0.25) is 0 Å². The number of hydrogen-bond donors (Lipinski definition) is 1. The number of methoxy groups -OCH3 is 1. The van der Waals surface area contributed by atoms with Gasteiger partial charge in [0.05, 0.1) is 23.6 Å². The Kier molecular flexibility index (Phi) is 5.37. The van der Waals surface area contributed by atoms with Gasteiger partial charge in [-0.15, -0.1) is 11.3 Å². The van der Waals surface area contributed by atoms with Gasteiger partial charge in [0.2, 0.25) is 11.8 Å². The van der Waals surface area contributed by atoms with E-state index in [9.17, 15) is 14.4 Å². The number of aryl methyl sites for hydroxylation is 3. The van der Waals surface area contributed by atoms with E-state index in [1.165, 1.54) is 23.8 Å². The number of nitrogens with one attached hydrogen (secondary N) is 1. The van der Waals surface area contributed by atoms with Gasteiger partial charge < -0.3 is 14.5 Å². The zero-order valence-electron chi connectivity index (χ0n) is 18.2. The van der Waals surface area contributed by atoms with Gasteiger partial charge >= 0.3 is 5.69 Å². The van der Waals surface area contributed by atoms with Gasteiger partial charge in [0, 0.05) is 13.1 Å². The molecule has 1 unspecified atom stereocenters. The SMILES string of the molecule is COc1ccccc1CCn1c(=O)n(C2CCNC2=O)c(=O)c2c(C)c(-c3ncco3)sc21. The molecule has 1 aliphatic heterocycles. The summed E-state index contributed by atoms with van der Waals surface area (Å²) in [4.78, 5) is 45.0. The molecule has 0 saturated carbocycles. The summed E-state index contributed by atoms with van der Waals surface area (Å²) < 4.78 is 13.6. The van der Waals surface area contributed by atoms with Gasteiger partial charge in [0.15, 0.2) is 0 Å². The molecule has 4 heterocycles. The Morgan fingerprint density at radius 3 is 2.79 bits per heavy atom. The molecule has 1 N–H and O–H groups in total. The molecule has 0 bridgehead atoms. The quantitative estimate of drug-likeness (QED) is 0.468. The van der Waals surface area contributed by atoms with Crippen molar-refractivity contribution in [2.45, 2.75) is 32.4 Å². The average Bonchev–Trinajstić information content (AvgIpc) is 3.55. The standard InChI is InChI=1S/C23H22N4O5S/c1-13-17-21(29)27(15-7-9-24-19(15)28)23(30)26(11-8-14-5-3-4-6-16(14)31-2)22(17)33-18(13)20-25-10-12-32-20/h3-6,10,12,15H,7-9,11H2,1-2H3,(H,24,28). The van der Waals surface area contributed by atoms with Crippen LogP contribution in [0.3, 0.4) is 0 Å². The lowest BCUT2D eigenvalue weighted by Gasteiger charge is -2.16. The van der Waals surface area contributed by atoms with Gasteiger partial charge in [-0.3, -0.25) is 14.2 Å². The van der Waals surface area contributed by atoms with Crippen molar-refractivity contribution in [3.05, 3.63) is 68.7 Å². The third kappa shape index (κ3) is 3.46. The van der Waals surface area contributed by atoms with Crippen LogP contribution >= 0.6 is 11.3 Å². The van der Waals surface area contributed by atoms with Crippen LogP contribution in [-0.4, -0.2) is 33.7 Å². The van der Waals surface area contributed by atoms with Gasteiger partial charge in [-0.05, 0) is 37.0 Å². The van der Waals surface area contributed by atoms with E-state index in [0.29, 0.717) is 52.5 Å². The fraction of sp³-hybridized carbons (Fsp3) is 0.304. The molecule has 1 atom stereocenters. The van der Waals surface area contributed by atoms with E-state index in [0.717, 1.165) is 15.9 Å². The van der Waals surface area contributed by atoms with Crippen molar-refractivity contribution in [2.75, 3.05) is 13.7 Å². The Labute approximate surface area is 192 Å². The number of aromatic nitrogens is 3. The summed E-state index contributed by atoms with van der Waals surface area (Å²) in [6.07, 6.45) is 3.91. The minimum Gasteiger partial charge on any atom is -0.496 e. The third-order valence-corrected chi connectivity index (χ3v) is 7.30. The number of nitrogens with zero attached hydrogens (tertiary/aromatic N) is 3. The maximum Gasteiger partial charge on any atom is 0.332 e. The predicted molar refractivity (Wildman–Crippen MR) is 124 cm³/mol. The first kappa shape index (κ1) is 21.2. The first-order chi connectivity index (χ1) is 16.0. The third-order valence-electron chi connectivity index (χ3n) is 6.00. The van der Waals surface area contributed by atoms with Crippen molar-refractivity contribution >= 4 is 27.5 Å². The van der Waals surface area contributed by atoms with Crippen LogP contribution in [-0.2, 0) is 17.8 Å². The Morgan fingerprint density at radius 1 is 1.27 bits per heavy atom. The van der Waals surface area contributed by atoms with E-state index >= 15 is 0 Å². The van der Waals surface area contributed by atoms with Crippen LogP contribution in [0, 0.1) is 6.92 Å². The molecule has 1 fully saturated rings. The van der Waals surface area contributed by atoms with Crippen molar-refractivity contribution < 1.29 is 13.9 Å². The maximum atomic E-state index is 13.6. The summed E-state index contributed by atoms with van der Waals surface area (Å²) >= 11 is 1.30. The molecule has 1 aliphatic rings. The van der Waals surface area contributed by atoms with Crippen LogP contribution in [0.4, 0.5) is 0 Å².